The molecule has 0 aliphatic carbocycles. The van der Waals surface area contributed by atoms with Gasteiger partial charge in [0, 0.05) is 37.1 Å². The van der Waals surface area contributed by atoms with Crippen LogP contribution in [0.4, 0.5) is 13.9 Å². The number of anilines is 1. The molecule has 6 nitrogen and oxygen atoms in total. The lowest BCUT2D eigenvalue weighted by molar-refractivity contribution is -0.116. The van der Waals surface area contributed by atoms with Gasteiger partial charge in [-0.05, 0) is 36.8 Å². The summed E-state index contributed by atoms with van der Waals surface area (Å²) in [5.74, 6) is -0.551. The van der Waals surface area contributed by atoms with Crippen LogP contribution in [0, 0.1) is 11.6 Å². The van der Waals surface area contributed by atoms with Gasteiger partial charge in [-0.3, -0.25) is 14.6 Å². The van der Waals surface area contributed by atoms with E-state index in [1.807, 2.05) is 24.3 Å². The monoisotopic (exact) mass is 493 g/mol. The van der Waals surface area contributed by atoms with Crippen LogP contribution in [0.2, 0.25) is 0 Å². The largest absolute Gasteiger partial charge is 0.497 e. The molecule has 0 N–H and O–H groups in total. The minimum Gasteiger partial charge on any atom is -0.497 e. The lowest BCUT2D eigenvalue weighted by atomic mass is 10.3. The number of hydrogen-bond acceptors (Lipinski definition) is 7. The first-order valence-electron chi connectivity index (χ1n) is 10.7. The SMILES string of the molecule is COc1ccc(SCC(=O)N(CCCN2CCOCC2)c2nc3c(F)cc(F)cc3s2)cc1. The first kappa shape index (κ1) is 23.9. The van der Waals surface area contributed by atoms with Gasteiger partial charge in [-0.2, -0.15) is 0 Å². The van der Waals surface area contributed by atoms with E-state index < -0.39 is 11.6 Å². The Bertz CT molecular complexity index is 1090. The Kier molecular flexibility index (Phi) is 8.13. The lowest BCUT2D eigenvalue weighted by Crippen LogP contribution is -2.39. The van der Waals surface area contributed by atoms with Gasteiger partial charge in [0.15, 0.2) is 10.9 Å². The number of thioether (sulfide) groups is 1. The quantitative estimate of drug-likeness (QED) is 0.411. The maximum Gasteiger partial charge on any atom is 0.239 e. The van der Waals surface area contributed by atoms with Crippen LogP contribution in [-0.2, 0) is 9.53 Å². The molecule has 4 rings (SSSR count). The van der Waals surface area contributed by atoms with Crippen LogP contribution in [-0.4, -0.2) is 68.0 Å². The number of amides is 1. The predicted molar refractivity (Wildman–Crippen MR) is 127 cm³/mol. The number of carbonyl (C=O) groups excluding carboxylic acids is 1. The number of benzene rings is 2. The van der Waals surface area contributed by atoms with Crippen molar-refractivity contribution in [3.8, 4) is 5.75 Å². The molecule has 1 saturated heterocycles. The molecule has 33 heavy (non-hydrogen) atoms. The van der Waals surface area contributed by atoms with E-state index in [1.54, 1.807) is 12.0 Å². The maximum atomic E-state index is 14.2. The van der Waals surface area contributed by atoms with Crippen LogP contribution in [0.3, 0.4) is 0 Å². The fourth-order valence-corrected chi connectivity index (χ4v) is 5.38. The minimum atomic E-state index is -0.721. The zero-order chi connectivity index (χ0) is 23.2. The van der Waals surface area contributed by atoms with Crippen molar-refractivity contribution in [2.45, 2.75) is 11.3 Å². The highest BCUT2D eigenvalue weighted by Gasteiger charge is 2.22. The molecular formula is C23H25F2N3O3S2. The first-order valence-corrected chi connectivity index (χ1v) is 12.5. The van der Waals surface area contributed by atoms with E-state index in [9.17, 15) is 13.6 Å². The van der Waals surface area contributed by atoms with Crippen LogP contribution < -0.4 is 9.64 Å². The van der Waals surface area contributed by atoms with Crippen molar-refractivity contribution in [1.29, 1.82) is 0 Å². The van der Waals surface area contributed by atoms with Crippen LogP contribution in [0.15, 0.2) is 41.3 Å². The van der Waals surface area contributed by atoms with Crippen LogP contribution >= 0.6 is 23.1 Å². The molecule has 0 radical (unpaired) electrons. The number of methoxy groups -OCH3 is 1. The first-order chi connectivity index (χ1) is 16.0. The number of ether oxygens (including phenoxy) is 2. The molecule has 3 aromatic rings. The van der Waals surface area contributed by atoms with Gasteiger partial charge in [0.05, 0.1) is 30.8 Å². The highest BCUT2D eigenvalue weighted by molar-refractivity contribution is 8.00. The number of fused-ring (bicyclic) bond motifs is 1. The number of morpholine rings is 1. The summed E-state index contributed by atoms with van der Waals surface area (Å²) in [5.41, 5.74) is 0.0881. The van der Waals surface area contributed by atoms with Crippen LogP contribution in [0.1, 0.15) is 6.42 Å². The van der Waals surface area contributed by atoms with E-state index >= 15 is 0 Å². The van der Waals surface area contributed by atoms with Crippen LogP contribution in [0.25, 0.3) is 10.2 Å². The molecule has 2 aromatic carbocycles. The Morgan fingerprint density at radius 3 is 2.73 bits per heavy atom. The molecule has 0 unspecified atom stereocenters. The molecule has 1 aliphatic rings. The fourth-order valence-electron chi connectivity index (χ4n) is 3.56. The van der Waals surface area contributed by atoms with Gasteiger partial charge in [-0.1, -0.05) is 11.3 Å². The van der Waals surface area contributed by atoms with Gasteiger partial charge in [-0.15, -0.1) is 11.8 Å². The standard InChI is InChI=1S/C23H25F2N3O3S2/c1-30-17-3-5-18(6-4-17)32-15-21(29)28(8-2-7-27-9-11-31-12-10-27)23-26-22-19(25)13-16(24)14-20(22)33-23/h3-6,13-14H,2,7-12,15H2,1H3. The zero-order valence-corrected chi connectivity index (χ0v) is 19.9. The minimum absolute atomic E-state index is 0.0881. The summed E-state index contributed by atoms with van der Waals surface area (Å²) in [6.07, 6.45) is 0.742. The van der Waals surface area contributed by atoms with E-state index in [0.29, 0.717) is 29.6 Å². The summed E-state index contributed by atoms with van der Waals surface area (Å²) in [6.45, 7) is 4.43. The highest BCUT2D eigenvalue weighted by Crippen LogP contribution is 2.32. The number of halogens is 2. The fraction of sp³-hybridized carbons (Fsp3) is 0.391. The average molecular weight is 494 g/mol. The summed E-state index contributed by atoms with van der Waals surface area (Å²) in [5, 5.41) is 0.386. The molecule has 2 heterocycles. The van der Waals surface area contributed by atoms with Crippen LogP contribution in [0.5, 0.6) is 5.75 Å². The Balaban J connectivity index is 1.48. The van der Waals surface area contributed by atoms with Gasteiger partial charge in [0.25, 0.3) is 0 Å². The molecule has 176 valence electrons. The third kappa shape index (κ3) is 6.20. The van der Waals surface area contributed by atoms with Gasteiger partial charge in [0.1, 0.15) is 17.1 Å². The van der Waals surface area contributed by atoms with E-state index in [1.165, 1.54) is 17.8 Å². The topological polar surface area (TPSA) is 54.9 Å². The summed E-state index contributed by atoms with van der Waals surface area (Å²) < 4.78 is 38.8. The number of hydrogen-bond donors (Lipinski definition) is 0. The number of nitrogens with zero attached hydrogens (tertiary/aromatic N) is 3. The maximum absolute atomic E-state index is 14.2. The number of rotatable bonds is 9. The second-order valence-corrected chi connectivity index (χ2v) is 9.61. The van der Waals surface area contributed by atoms with E-state index in [4.69, 9.17) is 9.47 Å². The smallest absolute Gasteiger partial charge is 0.239 e. The molecule has 0 saturated carbocycles. The third-order valence-electron chi connectivity index (χ3n) is 5.32. The van der Waals surface area contributed by atoms with Crippen molar-refractivity contribution in [2.24, 2.45) is 0 Å². The predicted octanol–water partition coefficient (Wildman–Crippen LogP) is 4.43. The number of carbonyl (C=O) groups is 1. The molecular weight excluding hydrogens is 468 g/mol. The second-order valence-electron chi connectivity index (χ2n) is 7.55. The van der Waals surface area contributed by atoms with Gasteiger partial charge in [0.2, 0.25) is 5.91 Å². The Morgan fingerprint density at radius 1 is 1.24 bits per heavy atom. The Hall–Kier alpha value is -2.27. The van der Waals surface area contributed by atoms with Crippen molar-refractivity contribution >= 4 is 44.4 Å². The van der Waals surface area contributed by atoms with E-state index in [0.717, 1.165) is 54.1 Å². The molecule has 0 atom stereocenters. The molecule has 10 heteroatoms. The normalized spacial score (nSPS) is 14.5. The van der Waals surface area contributed by atoms with Crippen molar-refractivity contribution in [1.82, 2.24) is 9.88 Å². The number of thiazole rings is 1. The van der Waals surface area contributed by atoms with Crippen molar-refractivity contribution < 1.29 is 23.0 Å². The summed E-state index contributed by atoms with van der Waals surface area (Å²) >= 11 is 2.54. The van der Waals surface area contributed by atoms with Crippen molar-refractivity contribution in [3.63, 3.8) is 0 Å². The molecule has 1 amide bonds. The van der Waals surface area contributed by atoms with E-state index in [2.05, 4.69) is 9.88 Å². The Labute approximate surface area is 199 Å². The molecule has 0 spiro atoms. The van der Waals surface area contributed by atoms with Gasteiger partial charge >= 0.3 is 0 Å². The number of aromatic nitrogens is 1. The van der Waals surface area contributed by atoms with E-state index in [-0.39, 0.29) is 17.2 Å². The van der Waals surface area contributed by atoms with Gasteiger partial charge in [-0.25, -0.2) is 13.8 Å². The lowest BCUT2D eigenvalue weighted by Gasteiger charge is -2.27. The molecule has 0 bridgehead atoms. The summed E-state index contributed by atoms with van der Waals surface area (Å²) in [4.78, 5) is 22.4. The van der Waals surface area contributed by atoms with Gasteiger partial charge < -0.3 is 9.47 Å². The summed E-state index contributed by atoms with van der Waals surface area (Å²) in [7, 11) is 1.60. The van der Waals surface area contributed by atoms with Crippen molar-refractivity contribution in [2.75, 3.05) is 57.2 Å². The molecule has 1 fully saturated rings. The third-order valence-corrected chi connectivity index (χ3v) is 7.34. The summed E-state index contributed by atoms with van der Waals surface area (Å²) in [6, 6.07) is 9.55. The zero-order valence-electron chi connectivity index (χ0n) is 18.3. The molecule has 1 aromatic heterocycles. The second kappa shape index (κ2) is 11.2. The van der Waals surface area contributed by atoms with Crippen molar-refractivity contribution in [3.05, 3.63) is 48.0 Å². The average Bonchev–Trinajstić information content (AvgIpc) is 3.25. The Morgan fingerprint density at radius 2 is 2.00 bits per heavy atom. The molecule has 1 aliphatic heterocycles. The highest BCUT2D eigenvalue weighted by atomic mass is 32.2.